The molecule has 1 rings (SSSR count). The number of hydrogen-bond donors (Lipinski definition) is 3. The summed E-state index contributed by atoms with van der Waals surface area (Å²) in [5.41, 5.74) is 5.70. The van der Waals surface area contributed by atoms with E-state index in [-0.39, 0.29) is 16.8 Å². The van der Waals surface area contributed by atoms with Gasteiger partial charge in [0.25, 0.3) is 0 Å². The van der Waals surface area contributed by atoms with Gasteiger partial charge in [0.2, 0.25) is 0 Å². The number of urea groups is 1. The predicted molar refractivity (Wildman–Crippen MR) is 54.3 cm³/mol. The zero-order valence-corrected chi connectivity index (χ0v) is 8.38. The molecule has 76 valence electrons. The minimum Gasteiger partial charge on any atom is -0.506 e. The Morgan fingerprint density at radius 2 is 2.29 bits per heavy atom. The van der Waals surface area contributed by atoms with Crippen LogP contribution in [0.25, 0.3) is 0 Å². The number of nitrogens with one attached hydrogen (secondary N) is 1. The lowest BCUT2D eigenvalue weighted by molar-refractivity contribution is 0.246. The highest BCUT2D eigenvalue weighted by Crippen LogP contribution is 2.26. The second kappa shape index (κ2) is 4.19. The van der Waals surface area contributed by atoms with Gasteiger partial charge in [0.1, 0.15) is 5.75 Å². The zero-order valence-electron chi connectivity index (χ0n) is 7.62. The van der Waals surface area contributed by atoms with Gasteiger partial charge in [-0.1, -0.05) is 17.7 Å². The summed E-state index contributed by atoms with van der Waals surface area (Å²) in [7, 11) is 0. The molecular formula is C9H11ClN2O2. The van der Waals surface area contributed by atoms with Gasteiger partial charge in [-0.15, -0.1) is 0 Å². The Labute approximate surface area is 86.7 Å². The smallest absolute Gasteiger partial charge is 0.312 e. The van der Waals surface area contributed by atoms with Crippen LogP contribution in [-0.2, 0) is 0 Å². The Kier molecular flexibility index (Phi) is 3.19. The number of phenols is 1. The molecule has 1 aromatic rings. The highest BCUT2D eigenvalue weighted by atomic mass is 35.5. The monoisotopic (exact) mass is 214 g/mol. The van der Waals surface area contributed by atoms with Gasteiger partial charge in [-0.3, -0.25) is 0 Å². The summed E-state index contributed by atoms with van der Waals surface area (Å²) < 4.78 is 0. The van der Waals surface area contributed by atoms with Gasteiger partial charge in [0.05, 0.1) is 11.1 Å². The standard InChI is InChI=1S/C9H11ClN2O2/c1-5(12-9(11)14)6-2-3-7(10)8(13)4-6/h2-5,13H,1H3,(H3,11,12,14)/t5-/m1/s1. The maximum atomic E-state index is 10.6. The number of aromatic hydroxyl groups is 1. The molecule has 0 aliphatic rings. The van der Waals surface area contributed by atoms with Crippen LogP contribution in [0, 0.1) is 0 Å². The van der Waals surface area contributed by atoms with Gasteiger partial charge in [-0.05, 0) is 24.6 Å². The zero-order chi connectivity index (χ0) is 10.7. The van der Waals surface area contributed by atoms with Crippen molar-refractivity contribution in [2.24, 2.45) is 5.73 Å². The lowest BCUT2D eigenvalue weighted by atomic mass is 10.1. The number of rotatable bonds is 2. The molecule has 0 saturated heterocycles. The molecule has 4 N–H and O–H groups in total. The first-order chi connectivity index (χ1) is 6.50. The molecule has 1 aromatic carbocycles. The summed E-state index contributed by atoms with van der Waals surface area (Å²) >= 11 is 5.63. The molecule has 14 heavy (non-hydrogen) atoms. The lowest BCUT2D eigenvalue weighted by Crippen LogP contribution is -2.31. The fourth-order valence-corrected chi connectivity index (χ4v) is 1.21. The highest BCUT2D eigenvalue weighted by molar-refractivity contribution is 6.32. The first-order valence-corrected chi connectivity index (χ1v) is 4.43. The number of nitrogens with two attached hydrogens (primary N) is 1. The van der Waals surface area contributed by atoms with Gasteiger partial charge in [-0.25, -0.2) is 4.79 Å². The van der Waals surface area contributed by atoms with E-state index in [0.717, 1.165) is 5.56 Å². The average molecular weight is 215 g/mol. The fraction of sp³-hybridized carbons (Fsp3) is 0.222. The molecule has 4 nitrogen and oxygen atoms in total. The molecule has 0 aromatic heterocycles. The van der Waals surface area contributed by atoms with Crippen molar-refractivity contribution in [1.82, 2.24) is 5.32 Å². The Hall–Kier alpha value is -1.42. The molecule has 0 radical (unpaired) electrons. The summed E-state index contributed by atoms with van der Waals surface area (Å²) in [5, 5.41) is 12.1. The van der Waals surface area contributed by atoms with Gasteiger partial charge in [0, 0.05) is 0 Å². The summed E-state index contributed by atoms with van der Waals surface area (Å²) in [6.07, 6.45) is 0. The molecule has 0 heterocycles. The van der Waals surface area contributed by atoms with E-state index in [0.29, 0.717) is 0 Å². The minimum absolute atomic E-state index is 0.0118. The molecule has 0 bridgehead atoms. The normalized spacial score (nSPS) is 12.1. The molecule has 0 saturated carbocycles. The highest BCUT2D eigenvalue weighted by Gasteiger charge is 2.08. The molecule has 0 unspecified atom stereocenters. The first-order valence-electron chi connectivity index (χ1n) is 4.05. The molecule has 0 aliphatic carbocycles. The summed E-state index contributed by atoms with van der Waals surface area (Å²) in [5.74, 6) is -0.0118. The molecule has 0 aliphatic heterocycles. The molecule has 0 fully saturated rings. The van der Waals surface area contributed by atoms with Crippen molar-refractivity contribution < 1.29 is 9.90 Å². The summed E-state index contributed by atoms with van der Waals surface area (Å²) in [6.45, 7) is 1.76. The van der Waals surface area contributed by atoms with Gasteiger partial charge >= 0.3 is 6.03 Å². The first kappa shape index (κ1) is 10.7. The van der Waals surface area contributed by atoms with Crippen LogP contribution >= 0.6 is 11.6 Å². The molecular weight excluding hydrogens is 204 g/mol. The molecule has 5 heteroatoms. The van der Waals surface area contributed by atoms with E-state index in [1.807, 2.05) is 0 Å². The van der Waals surface area contributed by atoms with Crippen molar-refractivity contribution in [3.8, 4) is 5.75 Å². The maximum absolute atomic E-state index is 10.6. The maximum Gasteiger partial charge on any atom is 0.312 e. The lowest BCUT2D eigenvalue weighted by Gasteiger charge is -2.12. The number of carbonyl (C=O) groups is 1. The second-order valence-electron chi connectivity index (χ2n) is 2.94. The van der Waals surface area contributed by atoms with Crippen LogP contribution < -0.4 is 11.1 Å². The predicted octanol–water partition coefficient (Wildman–Crippen LogP) is 1.77. The van der Waals surface area contributed by atoms with Crippen LogP contribution in [0.4, 0.5) is 4.79 Å². The van der Waals surface area contributed by atoms with Gasteiger partial charge < -0.3 is 16.2 Å². The Bertz CT molecular complexity index is 355. The van der Waals surface area contributed by atoms with E-state index in [2.05, 4.69) is 5.32 Å². The van der Waals surface area contributed by atoms with Gasteiger partial charge in [-0.2, -0.15) is 0 Å². The van der Waals surface area contributed by atoms with Crippen LogP contribution in [0.3, 0.4) is 0 Å². The van der Waals surface area contributed by atoms with Crippen LogP contribution in [0.2, 0.25) is 5.02 Å². The number of halogens is 1. The van der Waals surface area contributed by atoms with Crippen LogP contribution in [-0.4, -0.2) is 11.1 Å². The van der Waals surface area contributed by atoms with E-state index in [4.69, 9.17) is 17.3 Å². The average Bonchev–Trinajstić information content (AvgIpc) is 2.08. The number of primary amides is 1. The van der Waals surface area contributed by atoms with Crippen molar-refractivity contribution in [3.63, 3.8) is 0 Å². The third kappa shape index (κ3) is 2.53. The number of benzene rings is 1. The van der Waals surface area contributed by atoms with Crippen molar-refractivity contribution in [1.29, 1.82) is 0 Å². The van der Waals surface area contributed by atoms with Crippen molar-refractivity contribution in [2.45, 2.75) is 13.0 Å². The third-order valence-electron chi connectivity index (χ3n) is 1.83. The van der Waals surface area contributed by atoms with Crippen LogP contribution in [0.1, 0.15) is 18.5 Å². The number of phenolic OH excluding ortho intramolecular Hbond substituents is 1. The van der Waals surface area contributed by atoms with Crippen LogP contribution in [0.5, 0.6) is 5.75 Å². The van der Waals surface area contributed by atoms with Crippen molar-refractivity contribution >= 4 is 17.6 Å². The quantitative estimate of drug-likeness (QED) is 0.702. The molecule has 2 amide bonds. The van der Waals surface area contributed by atoms with E-state index >= 15 is 0 Å². The van der Waals surface area contributed by atoms with E-state index in [1.54, 1.807) is 19.1 Å². The Morgan fingerprint density at radius 1 is 1.64 bits per heavy atom. The topological polar surface area (TPSA) is 75.3 Å². The third-order valence-corrected chi connectivity index (χ3v) is 2.15. The van der Waals surface area contributed by atoms with Gasteiger partial charge in [0.15, 0.2) is 0 Å². The fourth-order valence-electron chi connectivity index (χ4n) is 1.10. The Morgan fingerprint density at radius 3 is 2.79 bits per heavy atom. The molecule has 0 spiro atoms. The van der Waals surface area contributed by atoms with Crippen LogP contribution in [0.15, 0.2) is 18.2 Å². The largest absolute Gasteiger partial charge is 0.506 e. The Balaban J connectivity index is 2.85. The van der Waals surface area contributed by atoms with Crippen molar-refractivity contribution in [3.05, 3.63) is 28.8 Å². The van der Waals surface area contributed by atoms with E-state index in [1.165, 1.54) is 6.07 Å². The molecule has 1 atom stereocenters. The minimum atomic E-state index is -0.605. The van der Waals surface area contributed by atoms with Crippen molar-refractivity contribution in [2.75, 3.05) is 0 Å². The van der Waals surface area contributed by atoms with E-state index in [9.17, 15) is 9.90 Å². The summed E-state index contributed by atoms with van der Waals surface area (Å²) in [6, 6.07) is 3.90. The summed E-state index contributed by atoms with van der Waals surface area (Å²) in [4.78, 5) is 10.6. The second-order valence-corrected chi connectivity index (χ2v) is 3.35. The number of amides is 2. The number of carbonyl (C=O) groups excluding carboxylic acids is 1. The SMILES string of the molecule is C[C@@H](NC(N)=O)c1ccc(Cl)c(O)c1. The number of hydrogen-bond acceptors (Lipinski definition) is 2. The van der Waals surface area contributed by atoms with E-state index < -0.39 is 6.03 Å².